The number of aromatic nitrogens is 1. The van der Waals surface area contributed by atoms with E-state index in [1.807, 2.05) is 0 Å². The fourth-order valence-electron chi connectivity index (χ4n) is 0.985. The topological polar surface area (TPSA) is 70.8 Å². The van der Waals surface area contributed by atoms with E-state index < -0.39 is 31.5 Å². The van der Waals surface area contributed by atoms with Crippen LogP contribution in [0.2, 0.25) is 0 Å². The van der Waals surface area contributed by atoms with E-state index in [0.717, 1.165) is 6.20 Å². The number of halogens is 4. The first-order chi connectivity index (χ1) is 7.29. The van der Waals surface area contributed by atoms with Gasteiger partial charge in [-0.3, -0.25) is 0 Å². The molecule has 0 bridgehead atoms. The molecule has 0 radical (unpaired) electrons. The standard InChI is InChI=1S/C7H2BrClF2N2O2S/c8-6-5(7(10)11)3(1-12)4(2-13-6)16(9,14)15/h2,7H. The SMILES string of the molecule is N#Cc1c(S(=O)(=O)Cl)cnc(Br)c1C(F)F. The van der Waals surface area contributed by atoms with E-state index in [0.29, 0.717) is 0 Å². The van der Waals surface area contributed by atoms with Crippen molar-refractivity contribution in [3.8, 4) is 6.07 Å². The van der Waals surface area contributed by atoms with Crippen LogP contribution in [0.4, 0.5) is 8.78 Å². The zero-order chi connectivity index (χ0) is 12.5. The van der Waals surface area contributed by atoms with E-state index in [1.165, 1.54) is 6.07 Å². The predicted octanol–water partition coefficient (Wildman–Crippen LogP) is 2.58. The summed E-state index contributed by atoms with van der Waals surface area (Å²) in [5.41, 5.74) is -1.49. The zero-order valence-corrected chi connectivity index (χ0v) is 10.4. The maximum Gasteiger partial charge on any atom is 0.267 e. The minimum atomic E-state index is -4.29. The van der Waals surface area contributed by atoms with Crippen LogP contribution >= 0.6 is 26.6 Å². The lowest BCUT2D eigenvalue weighted by Crippen LogP contribution is -2.03. The number of alkyl halides is 2. The minimum Gasteiger partial charge on any atom is -0.247 e. The van der Waals surface area contributed by atoms with E-state index in [-0.39, 0.29) is 4.60 Å². The Hall–Kier alpha value is -0.780. The molecule has 0 aliphatic carbocycles. The monoisotopic (exact) mass is 330 g/mol. The lowest BCUT2D eigenvalue weighted by Gasteiger charge is -2.07. The molecule has 0 fully saturated rings. The van der Waals surface area contributed by atoms with Crippen LogP contribution in [-0.2, 0) is 9.05 Å². The molecule has 4 nitrogen and oxygen atoms in total. The number of nitrogens with zero attached hydrogens (tertiary/aromatic N) is 2. The van der Waals surface area contributed by atoms with Crippen molar-refractivity contribution in [3.63, 3.8) is 0 Å². The van der Waals surface area contributed by atoms with E-state index >= 15 is 0 Å². The van der Waals surface area contributed by atoms with Crippen molar-refractivity contribution in [3.05, 3.63) is 21.9 Å². The molecular weight excluding hydrogens is 330 g/mol. The normalized spacial score (nSPS) is 11.5. The number of nitriles is 1. The molecule has 0 N–H and O–H groups in total. The Morgan fingerprint density at radius 3 is 2.50 bits per heavy atom. The third-order valence-electron chi connectivity index (χ3n) is 1.63. The van der Waals surface area contributed by atoms with Gasteiger partial charge in [-0.1, -0.05) is 0 Å². The molecule has 0 aliphatic rings. The average molecular weight is 332 g/mol. The first-order valence-electron chi connectivity index (χ1n) is 3.60. The summed E-state index contributed by atoms with van der Waals surface area (Å²) in [4.78, 5) is 2.67. The molecule has 16 heavy (non-hydrogen) atoms. The highest BCUT2D eigenvalue weighted by Gasteiger charge is 2.26. The molecule has 1 heterocycles. The van der Waals surface area contributed by atoms with Gasteiger partial charge in [-0.15, -0.1) is 0 Å². The first-order valence-corrected chi connectivity index (χ1v) is 6.70. The summed E-state index contributed by atoms with van der Waals surface area (Å²) in [7, 11) is 0.707. The van der Waals surface area contributed by atoms with E-state index in [4.69, 9.17) is 15.9 Å². The number of hydrogen-bond donors (Lipinski definition) is 0. The summed E-state index contributed by atoms with van der Waals surface area (Å²) in [5.74, 6) is 0. The van der Waals surface area contributed by atoms with E-state index in [1.54, 1.807) is 0 Å². The van der Waals surface area contributed by atoms with Gasteiger partial charge < -0.3 is 0 Å². The molecule has 0 saturated heterocycles. The molecule has 1 aromatic heterocycles. The second-order valence-electron chi connectivity index (χ2n) is 2.55. The van der Waals surface area contributed by atoms with Crippen LogP contribution in [0.15, 0.2) is 15.7 Å². The van der Waals surface area contributed by atoms with Crippen LogP contribution < -0.4 is 0 Å². The third-order valence-corrected chi connectivity index (χ3v) is 3.59. The van der Waals surface area contributed by atoms with Gasteiger partial charge >= 0.3 is 0 Å². The van der Waals surface area contributed by atoms with Crippen LogP contribution in [0, 0.1) is 11.3 Å². The van der Waals surface area contributed by atoms with Crippen LogP contribution in [0.3, 0.4) is 0 Å². The van der Waals surface area contributed by atoms with E-state index in [9.17, 15) is 17.2 Å². The largest absolute Gasteiger partial charge is 0.267 e. The first kappa shape index (κ1) is 13.3. The van der Waals surface area contributed by atoms with Gasteiger partial charge in [-0.05, 0) is 15.9 Å². The molecule has 0 aromatic carbocycles. The highest BCUT2D eigenvalue weighted by molar-refractivity contribution is 9.10. The number of pyridine rings is 1. The van der Waals surface area contributed by atoms with Crippen molar-refractivity contribution in [2.75, 3.05) is 0 Å². The number of rotatable bonds is 2. The third kappa shape index (κ3) is 2.48. The van der Waals surface area contributed by atoms with Crippen molar-refractivity contribution in [2.45, 2.75) is 11.3 Å². The Bertz CT molecular complexity index is 570. The van der Waals surface area contributed by atoms with Gasteiger partial charge in [0.15, 0.2) is 0 Å². The second kappa shape index (κ2) is 4.61. The molecular formula is C7H2BrClF2N2O2S. The van der Waals surface area contributed by atoms with Crippen LogP contribution in [0.5, 0.6) is 0 Å². The zero-order valence-electron chi connectivity index (χ0n) is 7.29. The van der Waals surface area contributed by atoms with Gasteiger partial charge in [0.05, 0.1) is 11.1 Å². The maximum absolute atomic E-state index is 12.6. The van der Waals surface area contributed by atoms with Crippen LogP contribution in [-0.4, -0.2) is 13.4 Å². The molecule has 0 unspecified atom stereocenters. The second-order valence-corrected chi connectivity index (χ2v) is 5.84. The number of hydrogen-bond acceptors (Lipinski definition) is 4. The van der Waals surface area contributed by atoms with Gasteiger partial charge in [0.2, 0.25) is 0 Å². The summed E-state index contributed by atoms with van der Waals surface area (Å²) in [5, 5.41) is 8.68. The average Bonchev–Trinajstić information content (AvgIpc) is 2.14. The summed E-state index contributed by atoms with van der Waals surface area (Å²) >= 11 is 2.71. The quantitative estimate of drug-likeness (QED) is 0.617. The molecule has 9 heteroatoms. The summed E-state index contributed by atoms with van der Waals surface area (Å²) in [6, 6.07) is 1.38. The molecule has 0 atom stereocenters. The van der Waals surface area contributed by atoms with E-state index in [2.05, 4.69) is 20.9 Å². The highest BCUT2D eigenvalue weighted by atomic mass is 79.9. The Morgan fingerprint density at radius 2 is 2.12 bits per heavy atom. The lowest BCUT2D eigenvalue weighted by atomic mass is 10.1. The minimum absolute atomic E-state index is 0.289. The van der Waals surface area contributed by atoms with Gasteiger partial charge in [0, 0.05) is 16.9 Å². The smallest absolute Gasteiger partial charge is 0.247 e. The Kier molecular flexibility index (Phi) is 3.83. The van der Waals surface area contributed by atoms with Crippen molar-refractivity contribution in [2.24, 2.45) is 0 Å². The van der Waals surface area contributed by atoms with Crippen molar-refractivity contribution < 1.29 is 17.2 Å². The van der Waals surface area contributed by atoms with Gasteiger partial charge in [-0.25, -0.2) is 22.2 Å². The Labute approximate surface area is 102 Å². The molecule has 0 aliphatic heterocycles. The lowest BCUT2D eigenvalue weighted by molar-refractivity contribution is 0.149. The van der Waals surface area contributed by atoms with Crippen LogP contribution in [0.1, 0.15) is 17.6 Å². The fourth-order valence-corrected chi connectivity index (χ4v) is 2.39. The van der Waals surface area contributed by atoms with Gasteiger partial charge in [0.1, 0.15) is 15.6 Å². The predicted molar refractivity (Wildman–Crippen MR) is 54.6 cm³/mol. The summed E-state index contributed by atoms with van der Waals surface area (Å²) in [6.07, 6.45) is -2.29. The molecule has 86 valence electrons. The molecule has 0 spiro atoms. The Morgan fingerprint density at radius 1 is 1.56 bits per heavy atom. The molecule has 1 rings (SSSR count). The molecule has 1 aromatic rings. The highest BCUT2D eigenvalue weighted by Crippen LogP contribution is 2.33. The van der Waals surface area contributed by atoms with Crippen LogP contribution in [0.25, 0.3) is 0 Å². The van der Waals surface area contributed by atoms with Crippen molar-refractivity contribution in [1.82, 2.24) is 4.98 Å². The van der Waals surface area contributed by atoms with Gasteiger partial charge in [0.25, 0.3) is 15.5 Å². The van der Waals surface area contributed by atoms with Crippen molar-refractivity contribution >= 4 is 35.7 Å². The van der Waals surface area contributed by atoms with Gasteiger partial charge in [-0.2, -0.15) is 5.26 Å². The summed E-state index contributed by atoms with van der Waals surface area (Å²) in [6.45, 7) is 0. The summed E-state index contributed by atoms with van der Waals surface area (Å²) < 4.78 is 46.9. The maximum atomic E-state index is 12.6. The molecule has 0 amide bonds. The Balaban J connectivity index is 3.72. The van der Waals surface area contributed by atoms with Crippen molar-refractivity contribution in [1.29, 1.82) is 5.26 Å². The fraction of sp³-hybridized carbons (Fsp3) is 0.143. The molecule has 0 saturated carbocycles.